The average Bonchev–Trinajstić information content (AvgIpc) is 2.90. The van der Waals surface area contributed by atoms with Gasteiger partial charge in [-0.05, 0) is 36.8 Å². The van der Waals surface area contributed by atoms with Gasteiger partial charge < -0.3 is 10.6 Å². The summed E-state index contributed by atoms with van der Waals surface area (Å²) in [5.41, 5.74) is -0.242. The minimum atomic E-state index is -1.35. The molecule has 0 saturated carbocycles. The fraction of sp³-hybridized carbons (Fsp3) is 0.158. The zero-order valence-electron chi connectivity index (χ0n) is 14.9. The maximum Gasteiger partial charge on any atom is 0.325 e. The Morgan fingerprint density at radius 2 is 1.76 bits per heavy atom. The first-order chi connectivity index (χ1) is 13.7. The van der Waals surface area contributed by atoms with E-state index in [9.17, 15) is 14.4 Å². The van der Waals surface area contributed by atoms with E-state index in [0.717, 1.165) is 4.90 Å². The molecule has 1 aliphatic heterocycles. The van der Waals surface area contributed by atoms with Gasteiger partial charge in [0.15, 0.2) is 0 Å². The summed E-state index contributed by atoms with van der Waals surface area (Å²) in [6.07, 6.45) is 0. The Balaban J connectivity index is 1.77. The van der Waals surface area contributed by atoms with Crippen LogP contribution in [0.15, 0.2) is 36.4 Å². The van der Waals surface area contributed by atoms with E-state index in [0.29, 0.717) is 11.1 Å². The molecule has 1 heterocycles. The van der Waals surface area contributed by atoms with E-state index in [1.165, 1.54) is 19.1 Å². The topological polar surface area (TPSA) is 102 Å². The van der Waals surface area contributed by atoms with Gasteiger partial charge in [-0.2, -0.15) is 5.26 Å². The van der Waals surface area contributed by atoms with Gasteiger partial charge in [0, 0.05) is 0 Å². The Bertz CT molecular complexity index is 1070. The van der Waals surface area contributed by atoms with Gasteiger partial charge in [-0.1, -0.05) is 46.9 Å². The number of urea groups is 1. The van der Waals surface area contributed by atoms with Crippen molar-refractivity contribution in [3.05, 3.63) is 62.6 Å². The van der Waals surface area contributed by atoms with Crippen LogP contribution in [0.25, 0.3) is 0 Å². The highest BCUT2D eigenvalue weighted by Gasteiger charge is 2.49. The summed E-state index contributed by atoms with van der Waals surface area (Å²) < 4.78 is 0. The molecule has 2 N–H and O–H groups in total. The van der Waals surface area contributed by atoms with Crippen LogP contribution < -0.4 is 10.6 Å². The van der Waals surface area contributed by atoms with Crippen LogP contribution in [0.1, 0.15) is 18.1 Å². The number of carbonyl (C=O) groups excluding carboxylic acids is 3. The number of hydrogen-bond donors (Lipinski definition) is 2. The molecular formula is C19H13Cl3N4O3. The Hall–Kier alpha value is -2.79. The lowest BCUT2D eigenvalue weighted by molar-refractivity contribution is -0.133. The van der Waals surface area contributed by atoms with Crippen molar-refractivity contribution >= 4 is 58.3 Å². The first kappa shape index (κ1) is 20.9. The number of benzene rings is 2. The van der Waals surface area contributed by atoms with Gasteiger partial charge in [0.05, 0.1) is 32.4 Å². The zero-order chi connectivity index (χ0) is 21.3. The van der Waals surface area contributed by atoms with E-state index in [4.69, 9.17) is 40.1 Å². The molecule has 0 spiro atoms. The molecule has 148 valence electrons. The maximum atomic E-state index is 12.9. The van der Waals surface area contributed by atoms with Crippen molar-refractivity contribution in [3.8, 4) is 6.07 Å². The SMILES string of the molecule is CC1(c2ccc(C#N)cc2)NC(=O)N(CC(=O)Nc2cc(Cl)c(Cl)cc2Cl)C1=O. The molecule has 0 aromatic heterocycles. The van der Waals surface area contributed by atoms with Gasteiger partial charge in [-0.25, -0.2) is 4.79 Å². The highest BCUT2D eigenvalue weighted by atomic mass is 35.5. The largest absolute Gasteiger partial charge is 0.325 e. The summed E-state index contributed by atoms with van der Waals surface area (Å²) in [5.74, 6) is -1.24. The number of anilines is 1. The van der Waals surface area contributed by atoms with Gasteiger partial charge in [0.2, 0.25) is 5.91 Å². The molecule has 29 heavy (non-hydrogen) atoms. The summed E-state index contributed by atoms with van der Waals surface area (Å²) >= 11 is 17.8. The van der Waals surface area contributed by atoms with Crippen molar-refractivity contribution in [2.45, 2.75) is 12.5 Å². The van der Waals surface area contributed by atoms with E-state index in [2.05, 4.69) is 10.6 Å². The molecule has 2 aromatic rings. The Labute approximate surface area is 181 Å². The normalized spacial score (nSPS) is 18.4. The molecule has 1 aliphatic rings. The van der Waals surface area contributed by atoms with Crippen LogP contribution in [0.3, 0.4) is 0 Å². The number of nitriles is 1. The van der Waals surface area contributed by atoms with Crippen molar-refractivity contribution in [2.24, 2.45) is 0 Å². The quantitative estimate of drug-likeness (QED) is 0.543. The molecule has 0 radical (unpaired) electrons. The number of carbonyl (C=O) groups is 3. The van der Waals surface area contributed by atoms with Gasteiger partial charge in [0.1, 0.15) is 12.1 Å². The molecule has 7 nitrogen and oxygen atoms in total. The smallest absolute Gasteiger partial charge is 0.323 e. The number of halogens is 3. The van der Waals surface area contributed by atoms with Crippen LogP contribution in [0, 0.1) is 11.3 Å². The standard InChI is InChI=1S/C19H13Cl3N4O3/c1-19(11-4-2-10(8-23)3-5-11)17(28)26(18(29)25-19)9-16(27)24-15-7-13(21)12(20)6-14(15)22/h2-7H,9H2,1H3,(H,24,27)(H,25,29). The average molecular weight is 452 g/mol. The van der Waals surface area contributed by atoms with Gasteiger partial charge >= 0.3 is 6.03 Å². The Morgan fingerprint density at radius 3 is 2.38 bits per heavy atom. The fourth-order valence-electron chi connectivity index (χ4n) is 2.87. The summed E-state index contributed by atoms with van der Waals surface area (Å²) in [5, 5.41) is 14.6. The third-order valence-electron chi connectivity index (χ3n) is 4.45. The summed E-state index contributed by atoms with van der Waals surface area (Å²) in [6, 6.07) is 10.3. The molecule has 3 rings (SSSR count). The number of nitrogens with zero attached hydrogens (tertiary/aromatic N) is 2. The molecule has 10 heteroatoms. The summed E-state index contributed by atoms with van der Waals surface area (Å²) in [6.45, 7) is 1.01. The van der Waals surface area contributed by atoms with Crippen LogP contribution in [-0.2, 0) is 15.1 Å². The lowest BCUT2D eigenvalue weighted by atomic mass is 9.91. The third-order valence-corrected chi connectivity index (χ3v) is 5.49. The van der Waals surface area contributed by atoms with Crippen molar-refractivity contribution in [3.63, 3.8) is 0 Å². The molecule has 1 saturated heterocycles. The van der Waals surface area contributed by atoms with Crippen LogP contribution in [0.4, 0.5) is 10.5 Å². The minimum Gasteiger partial charge on any atom is -0.323 e. The molecule has 1 fully saturated rings. The predicted molar refractivity (Wildman–Crippen MR) is 109 cm³/mol. The maximum absolute atomic E-state index is 12.9. The van der Waals surface area contributed by atoms with Crippen LogP contribution >= 0.6 is 34.8 Å². The number of nitrogens with one attached hydrogen (secondary N) is 2. The van der Waals surface area contributed by atoms with Crippen molar-refractivity contribution < 1.29 is 14.4 Å². The molecule has 1 unspecified atom stereocenters. The lowest BCUT2D eigenvalue weighted by Gasteiger charge is -2.22. The van der Waals surface area contributed by atoms with Gasteiger partial charge in [-0.15, -0.1) is 0 Å². The van der Waals surface area contributed by atoms with E-state index < -0.39 is 29.9 Å². The highest BCUT2D eigenvalue weighted by molar-refractivity contribution is 6.44. The Kier molecular flexibility index (Phi) is 5.71. The van der Waals surface area contributed by atoms with E-state index in [-0.39, 0.29) is 20.8 Å². The van der Waals surface area contributed by atoms with E-state index in [1.54, 1.807) is 24.3 Å². The first-order valence-electron chi connectivity index (χ1n) is 8.25. The van der Waals surface area contributed by atoms with Gasteiger partial charge in [0.25, 0.3) is 5.91 Å². The van der Waals surface area contributed by atoms with Crippen molar-refractivity contribution in [1.82, 2.24) is 10.2 Å². The fourth-order valence-corrected chi connectivity index (χ4v) is 3.46. The molecule has 0 bridgehead atoms. The number of hydrogen-bond acceptors (Lipinski definition) is 4. The van der Waals surface area contributed by atoms with E-state index in [1.807, 2.05) is 6.07 Å². The summed E-state index contributed by atoms with van der Waals surface area (Å²) in [7, 11) is 0. The highest BCUT2D eigenvalue weighted by Crippen LogP contribution is 2.33. The lowest BCUT2D eigenvalue weighted by Crippen LogP contribution is -2.42. The molecule has 4 amide bonds. The monoisotopic (exact) mass is 450 g/mol. The third kappa shape index (κ3) is 4.01. The number of rotatable bonds is 4. The van der Waals surface area contributed by atoms with Crippen LogP contribution in [0.2, 0.25) is 15.1 Å². The zero-order valence-corrected chi connectivity index (χ0v) is 17.2. The molecule has 2 aromatic carbocycles. The molecule has 1 atom stereocenters. The summed E-state index contributed by atoms with van der Waals surface area (Å²) in [4.78, 5) is 38.4. The number of imide groups is 1. The minimum absolute atomic E-state index is 0.160. The van der Waals surface area contributed by atoms with E-state index >= 15 is 0 Å². The Morgan fingerprint density at radius 1 is 1.14 bits per heavy atom. The number of amides is 4. The molecule has 0 aliphatic carbocycles. The van der Waals surface area contributed by atoms with Crippen LogP contribution in [-0.4, -0.2) is 29.3 Å². The second kappa shape index (κ2) is 7.91. The second-order valence-electron chi connectivity index (χ2n) is 6.43. The predicted octanol–water partition coefficient (Wildman–Crippen LogP) is 3.92. The molecular weight excluding hydrogens is 439 g/mol. The second-order valence-corrected chi connectivity index (χ2v) is 7.65. The van der Waals surface area contributed by atoms with Crippen LogP contribution in [0.5, 0.6) is 0 Å². The first-order valence-corrected chi connectivity index (χ1v) is 9.38. The van der Waals surface area contributed by atoms with Gasteiger partial charge in [-0.3, -0.25) is 14.5 Å². The van der Waals surface area contributed by atoms with Crippen molar-refractivity contribution in [1.29, 1.82) is 5.26 Å². The van der Waals surface area contributed by atoms with Crippen molar-refractivity contribution in [2.75, 3.05) is 11.9 Å².